The molecule has 0 aliphatic rings. The molecule has 1 heterocycles. The first-order valence-corrected chi connectivity index (χ1v) is 5.58. The second-order valence-corrected chi connectivity index (χ2v) is 4.25. The molecule has 0 amide bonds. The smallest absolute Gasteiger partial charge is 0.0437 e. The maximum absolute atomic E-state index is 4.59. The van der Waals surface area contributed by atoms with Crippen LogP contribution < -0.4 is 0 Å². The number of hydrogen-bond donors (Lipinski definition) is 0. The lowest BCUT2D eigenvalue weighted by Gasteiger charge is -2.11. The van der Waals surface area contributed by atoms with E-state index in [0.717, 1.165) is 5.69 Å². The van der Waals surface area contributed by atoms with Crippen LogP contribution in [-0.4, -0.2) is 4.98 Å². The van der Waals surface area contributed by atoms with Gasteiger partial charge in [-0.25, -0.2) is 0 Å². The summed E-state index contributed by atoms with van der Waals surface area (Å²) in [6.07, 6.45) is 3.83. The number of aryl methyl sites for hydroxylation is 2. The van der Waals surface area contributed by atoms with Gasteiger partial charge in [-0.1, -0.05) is 26.7 Å². The Morgan fingerprint density at radius 2 is 2.00 bits per heavy atom. The van der Waals surface area contributed by atoms with E-state index in [1.54, 1.807) is 0 Å². The number of nitrogens with zero attached hydrogens (tertiary/aromatic N) is 1. The van der Waals surface area contributed by atoms with Crippen LogP contribution in [0.5, 0.6) is 0 Å². The van der Waals surface area contributed by atoms with Crippen molar-refractivity contribution in [1.29, 1.82) is 0 Å². The van der Waals surface area contributed by atoms with Crippen LogP contribution in [-0.2, 0) is 0 Å². The molecule has 0 fully saturated rings. The maximum atomic E-state index is 4.59. The quantitative estimate of drug-likeness (QED) is 0.701. The van der Waals surface area contributed by atoms with Crippen LogP contribution >= 0.6 is 0 Å². The molecule has 0 aromatic carbocycles. The van der Waals surface area contributed by atoms with Crippen molar-refractivity contribution in [3.05, 3.63) is 29.1 Å². The lowest BCUT2D eigenvalue weighted by atomic mass is 9.99. The molecule has 0 aliphatic heterocycles. The monoisotopic (exact) mass is 191 g/mol. The summed E-state index contributed by atoms with van der Waals surface area (Å²) in [5.74, 6) is 0.605. The molecule has 1 heteroatoms. The van der Waals surface area contributed by atoms with Crippen molar-refractivity contribution in [2.75, 3.05) is 0 Å². The van der Waals surface area contributed by atoms with E-state index in [1.807, 2.05) is 0 Å². The maximum Gasteiger partial charge on any atom is 0.0437 e. The number of rotatable bonds is 4. The Labute approximate surface area is 87.6 Å². The summed E-state index contributed by atoms with van der Waals surface area (Å²) in [5.41, 5.74) is 3.73. The number of aromatic nitrogens is 1. The summed E-state index contributed by atoms with van der Waals surface area (Å²) in [5, 5.41) is 0. The van der Waals surface area contributed by atoms with Gasteiger partial charge < -0.3 is 0 Å². The van der Waals surface area contributed by atoms with Crippen molar-refractivity contribution in [1.82, 2.24) is 4.98 Å². The molecule has 0 saturated heterocycles. The third-order valence-electron chi connectivity index (χ3n) is 2.61. The van der Waals surface area contributed by atoms with Gasteiger partial charge in [0.25, 0.3) is 0 Å². The normalized spacial score (nSPS) is 12.9. The Bertz CT molecular complexity index is 271. The molecule has 0 radical (unpaired) electrons. The molecule has 1 atom stereocenters. The predicted octanol–water partition coefficient (Wildman–Crippen LogP) is 3.99. The topological polar surface area (TPSA) is 12.9 Å². The predicted molar refractivity (Wildman–Crippen MR) is 61.7 cm³/mol. The second kappa shape index (κ2) is 5.14. The standard InChI is InChI=1S/C13H21N/c1-5-6-7-11(3)13-9-10(2)8-12(4)14-13/h8-9,11H,5-7H2,1-4H3/t11-/m1/s1. The summed E-state index contributed by atoms with van der Waals surface area (Å²) in [7, 11) is 0. The molecule has 0 aliphatic carbocycles. The van der Waals surface area contributed by atoms with Crippen LogP contribution in [0.2, 0.25) is 0 Å². The molecule has 1 rings (SSSR count). The van der Waals surface area contributed by atoms with Crippen molar-refractivity contribution in [3.63, 3.8) is 0 Å². The van der Waals surface area contributed by atoms with Crippen LogP contribution in [0.1, 0.15) is 56.0 Å². The van der Waals surface area contributed by atoms with Crippen molar-refractivity contribution in [3.8, 4) is 0 Å². The molecule has 0 bridgehead atoms. The summed E-state index contributed by atoms with van der Waals surface area (Å²) in [6, 6.07) is 4.35. The lowest BCUT2D eigenvalue weighted by molar-refractivity contribution is 0.609. The number of unbranched alkanes of at least 4 members (excludes halogenated alkanes) is 1. The molecule has 78 valence electrons. The van der Waals surface area contributed by atoms with Gasteiger partial charge in [-0.2, -0.15) is 0 Å². The highest BCUT2D eigenvalue weighted by atomic mass is 14.7. The van der Waals surface area contributed by atoms with Gasteiger partial charge in [-0.15, -0.1) is 0 Å². The molecule has 0 unspecified atom stereocenters. The Morgan fingerprint density at radius 1 is 1.29 bits per heavy atom. The first-order chi connectivity index (χ1) is 6.63. The van der Waals surface area contributed by atoms with E-state index in [0.29, 0.717) is 5.92 Å². The van der Waals surface area contributed by atoms with E-state index in [1.165, 1.54) is 30.5 Å². The van der Waals surface area contributed by atoms with Gasteiger partial charge in [-0.05, 0) is 43.9 Å². The molecular formula is C13H21N. The van der Waals surface area contributed by atoms with E-state index in [-0.39, 0.29) is 0 Å². The van der Waals surface area contributed by atoms with Crippen LogP contribution in [0.4, 0.5) is 0 Å². The van der Waals surface area contributed by atoms with Crippen molar-refractivity contribution < 1.29 is 0 Å². The zero-order valence-corrected chi connectivity index (χ0v) is 9.80. The van der Waals surface area contributed by atoms with E-state index in [9.17, 15) is 0 Å². The fourth-order valence-corrected chi connectivity index (χ4v) is 1.78. The minimum Gasteiger partial charge on any atom is -0.258 e. The van der Waals surface area contributed by atoms with Crippen molar-refractivity contribution >= 4 is 0 Å². The number of hydrogen-bond acceptors (Lipinski definition) is 1. The van der Waals surface area contributed by atoms with E-state index >= 15 is 0 Å². The van der Waals surface area contributed by atoms with Gasteiger partial charge >= 0.3 is 0 Å². The first-order valence-electron chi connectivity index (χ1n) is 5.58. The Morgan fingerprint density at radius 3 is 2.57 bits per heavy atom. The third-order valence-corrected chi connectivity index (χ3v) is 2.61. The molecule has 1 nitrogen and oxygen atoms in total. The van der Waals surface area contributed by atoms with E-state index in [2.05, 4.69) is 44.8 Å². The minimum absolute atomic E-state index is 0.605. The average Bonchev–Trinajstić information content (AvgIpc) is 2.12. The highest BCUT2D eigenvalue weighted by Gasteiger charge is 2.07. The first kappa shape index (κ1) is 11.2. The summed E-state index contributed by atoms with van der Waals surface area (Å²) in [4.78, 5) is 4.59. The van der Waals surface area contributed by atoms with E-state index < -0.39 is 0 Å². The largest absolute Gasteiger partial charge is 0.258 e. The van der Waals surface area contributed by atoms with Crippen LogP contribution in [0.25, 0.3) is 0 Å². The molecular weight excluding hydrogens is 170 g/mol. The molecule has 1 aromatic heterocycles. The Hall–Kier alpha value is -0.850. The highest BCUT2D eigenvalue weighted by Crippen LogP contribution is 2.20. The zero-order valence-electron chi connectivity index (χ0n) is 9.80. The Balaban J connectivity index is 2.73. The highest BCUT2D eigenvalue weighted by molar-refractivity contribution is 5.21. The zero-order chi connectivity index (χ0) is 10.6. The van der Waals surface area contributed by atoms with Crippen molar-refractivity contribution in [2.24, 2.45) is 0 Å². The molecule has 0 N–H and O–H groups in total. The van der Waals surface area contributed by atoms with Gasteiger partial charge in [0.2, 0.25) is 0 Å². The van der Waals surface area contributed by atoms with Crippen molar-refractivity contribution in [2.45, 2.75) is 52.9 Å². The van der Waals surface area contributed by atoms with Gasteiger partial charge in [0.15, 0.2) is 0 Å². The summed E-state index contributed by atoms with van der Waals surface area (Å²) >= 11 is 0. The summed E-state index contributed by atoms with van der Waals surface area (Å²) < 4.78 is 0. The van der Waals surface area contributed by atoms with Gasteiger partial charge in [0, 0.05) is 11.4 Å². The average molecular weight is 191 g/mol. The fraction of sp³-hybridized carbons (Fsp3) is 0.615. The molecule has 1 aromatic rings. The van der Waals surface area contributed by atoms with Crippen LogP contribution in [0, 0.1) is 13.8 Å². The second-order valence-electron chi connectivity index (χ2n) is 4.25. The van der Waals surface area contributed by atoms with Crippen LogP contribution in [0.15, 0.2) is 12.1 Å². The SMILES string of the molecule is CCCC[C@@H](C)c1cc(C)cc(C)n1. The van der Waals surface area contributed by atoms with Gasteiger partial charge in [0.05, 0.1) is 0 Å². The number of pyridine rings is 1. The van der Waals surface area contributed by atoms with Gasteiger partial charge in [0.1, 0.15) is 0 Å². The minimum atomic E-state index is 0.605. The molecule has 0 spiro atoms. The summed E-state index contributed by atoms with van der Waals surface area (Å²) in [6.45, 7) is 8.73. The fourth-order valence-electron chi connectivity index (χ4n) is 1.78. The Kier molecular flexibility index (Phi) is 4.12. The molecule has 0 saturated carbocycles. The third kappa shape index (κ3) is 3.13. The van der Waals surface area contributed by atoms with Gasteiger partial charge in [-0.3, -0.25) is 4.98 Å². The molecule has 14 heavy (non-hydrogen) atoms. The van der Waals surface area contributed by atoms with E-state index in [4.69, 9.17) is 0 Å². The lowest BCUT2D eigenvalue weighted by Crippen LogP contribution is -1.99. The van der Waals surface area contributed by atoms with Crippen LogP contribution in [0.3, 0.4) is 0 Å².